The lowest BCUT2D eigenvalue weighted by Crippen LogP contribution is -1.85. The molecule has 1 aromatic carbocycles. The molecule has 0 aliphatic carbocycles. The van der Waals surface area contributed by atoms with Gasteiger partial charge in [-0.25, -0.2) is 4.98 Å². The molecule has 0 spiro atoms. The Kier molecular flexibility index (Phi) is 2.65. The Balaban J connectivity index is 2.59. The van der Waals surface area contributed by atoms with E-state index in [0.29, 0.717) is 0 Å². The van der Waals surface area contributed by atoms with Crippen molar-refractivity contribution in [2.24, 2.45) is 0 Å². The maximum absolute atomic E-state index is 4.47. The van der Waals surface area contributed by atoms with Crippen molar-refractivity contribution in [1.29, 1.82) is 0 Å². The Labute approximate surface area is 97.9 Å². The molecule has 3 heteroatoms. The average molecular weight is 265 g/mol. The molecule has 15 heavy (non-hydrogen) atoms. The Morgan fingerprint density at radius 3 is 2.47 bits per heavy atom. The number of hydrogen-bond donors (Lipinski definition) is 1. The van der Waals surface area contributed by atoms with Crippen LogP contribution in [0.5, 0.6) is 0 Å². The van der Waals surface area contributed by atoms with Gasteiger partial charge in [-0.2, -0.15) is 0 Å². The molecule has 0 aliphatic rings. The number of aromatic nitrogens is 2. The van der Waals surface area contributed by atoms with Crippen LogP contribution in [0, 0.1) is 20.8 Å². The summed E-state index contributed by atoms with van der Waals surface area (Å²) in [6.07, 6.45) is 0. The van der Waals surface area contributed by atoms with Gasteiger partial charge in [0.2, 0.25) is 0 Å². The molecule has 0 radical (unpaired) electrons. The standard InChI is InChI=1S/C12H13BrN2/c1-7-4-5-10(8(2)6-7)11-12(13)15-9(3)14-11/h4-6H,1-3H3,(H,14,15). The fourth-order valence-electron chi connectivity index (χ4n) is 1.72. The second-order valence-corrected chi connectivity index (χ2v) is 4.60. The molecule has 0 saturated heterocycles. The van der Waals surface area contributed by atoms with E-state index in [2.05, 4.69) is 57.9 Å². The molecule has 78 valence electrons. The normalized spacial score (nSPS) is 10.7. The highest BCUT2D eigenvalue weighted by atomic mass is 79.9. The summed E-state index contributed by atoms with van der Waals surface area (Å²) in [5, 5.41) is 0. The van der Waals surface area contributed by atoms with Gasteiger partial charge in [0.15, 0.2) is 0 Å². The third-order valence-electron chi connectivity index (χ3n) is 2.42. The van der Waals surface area contributed by atoms with E-state index in [1.165, 1.54) is 16.7 Å². The Hall–Kier alpha value is -1.09. The smallest absolute Gasteiger partial charge is 0.110 e. The summed E-state index contributed by atoms with van der Waals surface area (Å²) in [4.78, 5) is 7.62. The molecule has 0 aliphatic heterocycles. The first kappa shape index (κ1) is 10.4. The molecule has 0 fully saturated rings. The van der Waals surface area contributed by atoms with Crippen LogP contribution in [0.1, 0.15) is 17.0 Å². The molecule has 2 rings (SSSR count). The number of rotatable bonds is 1. The molecule has 0 atom stereocenters. The Morgan fingerprint density at radius 2 is 1.93 bits per heavy atom. The molecule has 1 N–H and O–H groups in total. The van der Waals surface area contributed by atoms with Crippen LogP contribution in [-0.4, -0.2) is 9.97 Å². The van der Waals surface area contributed by atoms with Gasteiger partial charge >= 0.3 is 0 Å². The summed E-state index contributed by atoms with van der Waals surface area (Å²) >= 11 is 3.49. The number of benzene rings is 1. The van der Waals surface area contributed by atoms with E-state index in [1.807, 2.05) is 6.92 Å². The average Bonchev–Trinajstić information content (AvgIpc) is 2.45. The van der Waals surface area contributed by atoms with Gasteiger partial charge in [0.1, 0.15) is 16.1 Å². The first-order valence-corrected chi connectivity index (χ1v) is 5.67. The number of halogens is 1. The highest BCUT2D eigenvalue weighted by molar-refractivity contribution is 9.10. The quantitative estimate of drug-likeness (QED) is 0.835. The molecule has 1 aromatic heterocycles. The Morgan fingerprint density at radius 1 is 1.20 bits per heavy atom. The summed E-state index contributed by atoms with van der Waals surface area (Å²) in [5.74, 6) is 0.928. The summed E-state index contributed by atoms with van der Waals surface area (Å²) in [6.45, 7) is 6.16. The van der Waals surface area contributed by atoms with Crippen LogP contribution in [0.15, 0.2) is 22.8 Å². The topological polar surface area (TPSA) is 28.7 Å². The maximum atomic E-state index is 4.47. The van der Waals surface area contributed by atoms with Gasteiger partial charge in [0, 0.05) is 5.56 Å². The minimum absolute atomic E-state index is 0.928. The summed E-state index contributed by atoms with van der Waals surface area (Å²) < 4.78 is 0.951. The lowest BCUT2D eigenvalue weighted by Gasteiger charge is -2.04. The van der Waals surface area contributed by atoms with Crippen molar-refractivity contribution in [2.75, 3.05) is 0 Å². The lowest BCUT2D eigenvalue weighted by atomic mass is 10.0. The molecule has 0 amide bonds. The molecule has 0 saturated carbocycles. The SMILES string of the molecule is Cc1ccc(-c2nc(C)[nH]c2Br)c(C)c1. The van der Waals surface area contributed by atoms with Crippen molar-refractivity contribution in [3.63, 3.8) is 0 Å². The number of nitrogens with zero attached hydrogens (tertiary/aromatic N) is 1. The molecule has 1 heterocycles. The number of imidazole rings is 1. The zero-order chi connectivity index (χ0) is 11.0. The van der Waals surface area contributed by atoms with E-state index in [9.17, 15) is 0 Å². The second kappa shape index (κ2) is 3.81. The predicted octanol–water partition coefficient (Wildman–Crippen LogP) is 3.76. The Bertz CT molecular complexity index is 500. The summed E-state index contributed by atoms with van der Waals surface area (Å²) in [6, 6.07) is 6.40. The van der Waals surface area contributed by atoms with Crippen molar-refractivity contribution in [1.82, 2.24) is 9.97 Å². The van der Waals surface area contributed by atoms with Crippen molar-refractivity contribution in [2.45, 2.75) is 20.8 Å². The zero-order valence-electron chi connectivity index (χ0n) is 9.06. The van der Waals surface area contributed by atoms with E-state index in [-0.39, 0.29) is 0 Å². The molecule has 2 nitrogen and oxygen atoms in total. The molecule has 0 bridgehead atoms. The monoisotopic (exact) mass is 264 g/mol. The summed E-state index contributed by atoms with van der Waals surface area (Å²) in [7, 11) is 0. The van der Waals surface area contributed by atoms with Crippen LogP contribution in [-0.2, 0) is 0 Å². The van der Waals surface area contributed by atoms with E-state index in [4.69, 9.17) is 0 Å². The van der Waals surface area contributed by atoms with E-state index >= 15 is 0 Å². The largest absolute Gasteiger partial charge is 0.336 e. The van der Waals surface area contributed by atoms with Gasteiger partial charge in [-0.3, -0.25) is 0 Å². The number of aromatic amines is 1. The molecule has 2 aromatic rings. The highest BCUT2D eigenvalue weighted by Gasteiger charge is 2.10. The fourth-order valence-corrected chi connectivity index (χ4v) is 2.31. The maximum Gasteiger partial charge on any atom is 0.110 e. The number of nitrogens with one attached hydrogen (secondary N) is 1. The van der Waals surface area contributed by atoms with E-state index < -0.39 is 0 Å². The van der Waals surface area contributed by atoms with Crippen LogP contribution >= 0.6 is 15.9 Å². The minimum atomic E-state index is 0.928. The van der Waals surface area contributed by atoms with Gasteiger partial charge < -0.3 is 4.98 Å². The van der Waals surface area contributed by atoms with E-state index in [0.717, 1.165) is 16.1 Å². The summed E-state index contributed by atoms with van der Waals surface area (Å²) in [5.41, 5.74) is 4.70. The van der Waals surface area contributed by atoms with Gasteiger partial charge in [-0.1, -0.05) is 23.8 Å². The van der Waals surface area contributed by atoms with Gasteiger partial charge in [-0.05, 0) is 42.3 Å². The first-order valence-electron chi connectivity index (χ1n) is 4.87. The van der Waals surface area contributed by atoms with Crippen LogP contribution in [0.4, 0.5) is 0 Å². The van der Waals surface area contributed by atoms with Crippen molar-refractivity contribution in [3.05, 3.63) is 39.8 Å². The fraction of sp³-hybridized carbons (Fsp3) is 0.250. The lowest BCUT2D eigenvalue weighted by molar-refractivity contribution is 1.14. The number of H-pyrrole nitrogens is 1. The van der Waals surface area contributed by atoms with E-state index in [1.54, 1.807) is 0 Å². The predicted molar refractivity (Wildman–Crippen MR) is 65.9 cm³/mol. The molecular formula is C12H13BrN2. The minimum Gasteiger partial charge on any atom is -0.336 e. The van der Waals surface area contributed by atoms with Crippen LogP contribution in [0.25, 0.3) is 11.3 Å². The van der Waals surface area contributed by atoms with Crippen molar-refractivity contribution < 1.29 is 0 Å². The van der Waals surface area contributed by atoms with Gasteiger partial charge in [0.25, 0.3) is 0 Å². The van der Waals surface area contributed by atoms with Crippen LogP contribution in [0.2, 0.25) is 0 Å². The number of aryl methyl sites for hydroxylation is 3. The second-order valence-electron chi connectivity index (χ2n) is 3.80. The van der Waals surface area contributed by atoms with Crippen molar-refractivity contribution >= 4 is 15.9 Å². The zero-order valence-corrected chi connectivity index (χ0v) is 10.6. The highest BCUT2D eigenvalue weighted by Crippen LogP contribution is 2.28. The van der Waals surface area contributed by atoms with Crippen LogP contribution in [0.3, 0.4) is 0 Å². The molecular weight excluding hydrogens is 252 g/mol. The number of hydrogen-bond acceptors (Lipinski definition) is 1. The van der Waals surface area contributed by atoms with Crippen molar-refractivity contribution in [3.8, 4) is 11.3 Å². The third-order valence-corrected chi connectivity index (χ3v) is 2.99. The van der Waals surface area contributed by atoms with Gasteiger partial charge in [-0.15, -0.1) is 0 Å². The first-order chi connectivity index (χ1) is 7.08. The third kappa shape index (κ3) is 1.97. The molecule has 0 unspecified atom stereocenters. The van der Waals surface area contributed by atoms with Crippen LogP contribution < -0.4 is 0 Å². The van der Waals surface area contributed by atoms with Gasteiger partial charge in [0.05, 0.1) is 0 Å².